The van der Waals surface area contributed by atoms with Crippen LogP contribution in [0.15, 0.2) is 24.3 Å². The highest BCUT2D eigenvalue weighted by molar-refractivity contribution is 6.09. The van der Waals surface area contributed by atoms with E-state index < -0.39 is 5.92 Å². The third-order valence-corrected chi connectivity index (χ3v) is 5.63. The maximum atomic E-state index is 12.8. The molecule has 1 aromatic rings. The summed E-state index contributed by atoms with van der Waals surface area (Å²) < 4.78 is 0. The zero-order valence-electron chi connectivity index (χ0n) is 15.3. The van der Waals surface area contributed by atoms with E-state index in [4.69, 9.17) is 5.73 Å². The molecule has 1 atom stereocenters. The van der Waals surface area contributed by atoms with E-state index >= 15 is 0 Å². The van der Waals surface area contributed by atoms with Crippen LogP contribution in [0.25, 0.3) is 0 Å². The van der Waals surface area contributed by atoms with Crippen molar-refractivity contribution in [2.24, 2.45) is 17.6 Å². The largest absolute Gasteiger partial charge is 0.342 e. The fourth-order valence-corrected chi connectivity index (χ4v) is 3.81. The smallest absolute Gasteiger partial charge is 0.239 e. The third-order valence-electron chi connectivity index (χ3n) is 5.63. The minimum absolute atomic E-state index is 0.00164. The first-order valence-corrected chi connectivity index (χ1v) is 9.41. The summed E-state index contributed by atoms with van der Waals surface area (Å²) >= 11 is 0. The fourth-order valence-electron chi connectivity index (χ4n) is 3.81. The Morgan fingerprint density at radius 1 is 1.12 bits per heavy atom. The second-order valence-electron chi connectivity index (χ2n) is 7.58. The van der Waals surface area contributed by atoms with Gasteiger partial charge in [-0.15, -0.1) is 0 Å². The number of nitrogens with zero attached hydrogens (tertiary/aromatic N) is 2. The number of hydrogen-bond donors (Lipinski definition) is 1. The van der Waals surface area contributed by atoms with Crippen molar-refractivity contribution in [3.05, 3.63) is 29.8 Å². The highest BCUT2D eigenvalue weighted by Crippen LogP contribution is 2.29. The van der Waals surface area contributed by atoms with Gasteiger partial charge >= 0.3 is 0 Å². The quantitative estimate of drug-likeness (QED) is 0.854. The lowest BCUT2D eigenvalue weighted by atomic mass is 9.95. The summed E-state index contributed by atoms with van der Waals surface area (Å²) in [5.74, 6) is 0.414. The van der Waals surface area contributed by atoms with Crippen LogP contribution < -0.4 is 10.6 Å². The number of amides is 2. The lowest BCUT2D eigenvalue weighted by Gasteiger charge is -2.32. The zero-order valence-corrected chi connectivity index (χ0v) is 15.3. The van der Waals surface area contributed by atoms with Gasteiger partial charge in [0.05, 0.1) is 0 Å². The lowest BCUT2D eigenvalue weighted by molar-refractivity contribution is -0.141. The average molecular weight is 343 g/mol. The molecule has 5 nitrogen and oxygen atoms in total. The van der Waals surface area contributed by atoms with Gasteiger partial charge in [0, 0.05) is 25.3 Å². The number of likely N-dealkylation sites (tertiary alicyclic amines) is 1. The van der Waals surface area contributed by atoms with Gasteiger partial charge < -0.3 is 15.5 Å². The Morgan fingerprint density at radius 3 is 2.32 bits per heavy atom. The van der Waals surface area contributed by atoms with Crippen LogP contribution in [0.5, 0.6) is 0 Å². The average Bonchev–Trinajstić information content (AvgIpc) is 3.02. The van der Waals surface area contributed by atoms with Crippen LogP contribution in [-0.2, 0) is 9.59 Å². The predicted octanol–water partition coefficient (Wildman–Crippen LogP) is 2.36. The molecule has 136 valence electrons. The standard InChI is InChI=1S/C20H29N3O2/c1-14(2)16-3-5-17(6-4-16)23-12-9-18(20(23)25)19(24)22-10-7-15(13-21)8-11-22/h3-6,14-15,18H,7-13,21H2,1-2H3. The molecule has 2 amide bonds. The van der Waals surface area contributed by atoms with Crippen LogP contribution in [0.4, 0.5) is 5.69 Å². The monoisotopic (exact) mass is 343 g/mol. The number of hydrogen-bond acceptors (Lipinski definition) is 3. The molecule has 1 aromatic carbocycles. The maximum Gasteiger partial charge on any atom is 0.239 e. The van der Waals surface area contributed by atoms with E-state index in [9.17, 15) is 9.59 Å². The number of benzene rings is 1. The minimum Gasteiger partial charge on any atom is -0.342 e. The molecule has 2 saturated heterocycles. The van der Waals surface area contributed by atoms with Gasteiger partial charge in [0.1, 0.15) is 5.92 Å². The van der Waals surface area contributed by atoms with Gasteiger partial charge in [-0.05, 0) is 55.3 Å². The Balaban J connectivity index is 1.64. The molecule has 1 unspecified atom stereocenters. The van der Waals surface area contributed by atoms with Crippen molar-refractivity contribution in [1.82, 2.24) is 4.90 Å². The lowest BCUT2D eigenvalue weighted by Crippen LogP contribution is -2.45. The zero-order chi connectivity index (χ0) is 18.0. The Kier molecular flexibility index (Phi) is 5.42. The molecule has 2 fully saturated rings. The van der Waals surface area contributed by atoms with E-state index in [-0.39, 0.29) is 11.8 Å². The molecule has 0 radical (unpaired) electrons. The minimum atomic E-state index is -0.515. The summed E-state index contributed by atoms with van der Waals surface area (Å²) in [7, 11) is 0. The summed E-state index contributed by atoms with van der Waals surface area (Å²) in [6, 6.07) is 8.12. The highest BCUT2D eigenvalue weighted by Gasteiger charge is 2.40. The Bertz CT molecular complexity index is 618. The van der Waals surface area contributed by atoms with Gasteiger partial charge in [-0.2, -0.15) is 0 Å². The predicted molar refractivity (Wildman–Crippen MR) is 99.3 cm³/mol. The van der Waals surface area contributed by atoms with E-state index in [1.807, 2.05) is 17.0 Å². The van der Waals surface area contributed by atoms with Crippen LogP contribution in [0.2, 0.25) is 0 Å². The molecule has 0 aromatic heterocycles. The molecule has 0 spiro atoms. The Morgan fingerprint density at radius 2 is 1.76 bits per heavy atom. The van der Waals surface area contributed by atoms with Gasteiger partial charge in [-0.3, -0.25) is 9.59 Å². The van der Waals surface area contributed by atoms with Crippen LogP contribution >= 0.6 is 0 Å². The number of nitrogens with two attached hydrogens (primary N) is 1. The van der Waals surface area contributed by atoms with Crippen molar-refractivity contribution in [3.63, 3.8) is 0 Å². The summed E-state index contributed by atoms with van der Waals surface area (Å²) in [4.78, 5) is 29.2. The highest BCUT2D eigenvalue weighted by atomic mass is 16.2. The summed E-state index contributed by atoms with van der Waals surface area (Å²) in [6.45, 7) is 7.07. The van der Waals surface area contributed by atoms with E-state index in [0.717, 1.165) is 31.6 Å². The SMILES string of the molecule is CC(C)c1ccc(N2CCC(C(=O)N3CCC(CN)CC3)C2=O)cc1. The van der Waals surface area contributed by atoms with E-state index in [1.54, 1.807) is 4.90 Å². The van der Waals surface area contributed by atoms with Crippen LogP contribution in [0.3, 0.4) is 0 Å². The number of piperidine rings is 1. The van der Waals surface area contributed by atoms with Crippen LogP contribution in [0.1, 0.15) is 44.6 Å². The maximum absolute atomic E-state index is 12.8. The third kappa shape index (κ3) is 3.71. The summed E-state index contributed by atoms with van der Waals surface area (Å²) in [5, 5.41) is 0. The molecule has 3 rings (SSSR count). The van der Waals surface area contributed by atoms with Gasteiger partial charge in [0.2, 0.25) is 11.8 Å². The molecule has 25 heavy (non-hydrogen) atoms. The molecule has 2 N–H and O–H groups in total. The topological polar surface area (TPSA) is 66.6 Å². The molecule has 0 aliphatic carbocycles. The van der Waals surface area contributed by atoms with Crippen LogP contribution in [0, 0.1) is 11.8 Å². The molecule has 0 bridgehead atoms. The number of carbonyl (C=O) groups is 2. The van der Waals surface area contributed by atoms with Crippen molar-refractivity contribution < 1.29 is 9.59 Å². The fraction of sp³-hybridized carbons (Fsp3) is 0.600. The molecular formula is C20H29N3O2. The van der Waals surface area contributed by atoms with E-state index in [2.05, 4.69) is 26.0 Å². The molecule has 2 aliphatic rings. The Hall–Kier alpha value is -1.88. The number of rotatable bonds is 4. The van der Waals surface area contributed by atoms with Crippen molar-refractivity contribution in [1.29, 1.82) is 0 Å². The van der Waals surface area contributed by atoms with E-state index in [0.29, 0.717) is 31.3 Å². The van der Waals surface area contributed by atoms with Crippen molar-refractivity contribution in [2.45, 2.75) is 39.0 Å². The van der Waals surface area contributed by atoms with Crippen LogP contribution in [-0.4, -0.2) is 42.9 Å². The first-order chi connectivity index (χ1) is 12.0. The second kappa shape index (κ2) is 7.56. The first kappa shape index (κ1) is 17.9. The first-order valence-electron chi connectivity index (χ1n) is 9.41. The summed E-state index contributed by atoms with van der Waals surface area (Å²) in [6.07, 6.45) is 2.51. The molecule has 0 saturated carbocycles. The van der Waals surface area contributed by atoms with E-state index in [1.165, 1.54) is 5.56 Å². The second-order valence-corrected chi connectivity index (χ2v) is 7.58. The van der Waals surface area contributed by atoms with Gasteiger partial charge in [-0.1, -0.05) is 26.0 Å². The normalized spacial score (nSPS) is 22.1. The Labute approximate surface area is 150 Å². The van der Waals surface area contributed by atoms with Gasteiger partial charge in [0.25, 0.3) is 0 Å². The number of anilines is 1. The summed E-state index contributed by atoms with van der Waals surface area (Å²) in [5.41, 5.74) is 7.87. The van der Waals surface area contributed by atoms with Crippen molar-refractivity contribution in [2.75, 3.05) is 31.1 Å². The van der Waals surface area contributed by atoms with Crippen molar-refractivity contribution in [3.8, 4) is 0 Å². The molecule has 2 heterocycles. The van der Waals surface area contributed by atoms with Gasteiger partial charge in [-0.25, -0.2) is 0 Å². The van der Waals surface area contributed by atoms with Crippen molar-refractivity contribution >= 4 is 17.5 Å². The molecule has 5 heteroatoms. The van der Waals surface area contributed by atoms with Gasteiger partial charge in [0.15, 0.2) is 0 Å². The molecule has 2 aliphatic heterocycles. The number of carbonyl (C=O) groups excluding carboxylic acids is 2. The molecular weight excluding hydrogens is 314 g/mol.